The van der Waals surface area contributed by atoms with Crippen LogP contribution in [-0.4, -0.2) is 94.2 Å². The van der Waals surface area contributed by atoms with Gasteiger partial charge in [0, 0.05) is 56.9 Å². The summed E-state index contributed by atoms with van der Waals surface area (Å²) in [6, 6.07) is 5.00. The number of rotatable bonds is 12. The van der Waals surface area contributed by atoms with Crippen molar-refractivity contribution in [3.8, 4) is 0 Å². The summed E-state index contributed by atoms with van der Waals surface area (Å²) in [5.41, 5.74) is 12.4. The molecule has 0 spiro atoms. The third kappa shape index (κ3) is 8.18. The lowest BCUT2D eigenvalue weighted by Gasteiger charge is -2.41. The minimum Gasteiger partial charge on any atom is -0.480 e. The summed E-state index contributed by atoms with van der Waals surface area (Å²) in [5.74, 6) is -2.72. The molecule has 2 heterocycles. The zero-order valence-electron chi connectivity index (χ0n) is 23.6. The van der Waals surface area contributed by atoms with Gasteiger partial charge >= 0.3 is 5.97 Å². The predicted octanol–water partition coefficient (Wildman–Crippen LogP) is 0.111. The molecule has 0 unspecified atom stereocenters. The highest BCUT2D eigenvalue weighted by molar-refractivity contribution is 7.81. The van der Waals surface area contributed by atoms with Crippen molar-refractivity contribution in [3.05, 3.63) is 35.4 Å². The third-order valence-corrected chi connectivity index (χ3v) is 8.10. The number of likely N-dealkylation sites (tertiary alicyclic amines) is 1. The Hall–Kier alpha value is -2.67. The molecule has 3 rings (SSSR count). The Kier molecular flexibility index (Phi) is 11.0. The highest BCUT2D eigenvalue weighted by atomic mass is 32.1. The van der Waals surface area contributed by atoms with E-state index in [4.69, 9.17) is 11.5 Å². The lowest BCUT2D eigenvalue weighted by molar-refractivity contribution is -0.147. The zero-order chi connectivity index (χ0) is 29.6. The fourth-order valence-electron chi connectivity index (χ4n) is 5.59. The van der Waals surface area contributed by atoms with Gasteiger partial charge < -0.3 is 32.1 Å². The van der Waals surface area contributed by atoms with E-state index < -0.39 is 41.3 Å². The van der Waals surface area contributed by atoms with Crippen molar-refractivity contribution in [3.63, 3.8) is 0 Å². The van der Waals surface area contributed by atoms with Crippen LogP contribution in [0.25, 0.3) is 0 Å². The molecule has 0 bridgehead atoms. The fraction of sp³-hybridized carbons (Fsp3) is 0.643. The van der Waals surface area contributed by atoms with Gasteiger partial charge in [0.2, 0.25) is 17.7 Å². The first-order valence-electron chi connectivity index (χ1n) is 13.9. The van der Waals surface area contributed by atoms with E-state index in [0.717, 1.165) is 30.6 Å². The average molecular weight is 577 g/mol. The molecule has 222 valence electrons. The van der Waals surface area contributed by atoms with Crippen molar-refractivity contribution in [2.45, 2.75) is 82.4 Å². The molecule has 7 N–H and O–H groups in total. The summed E-state index contributed by atoms with van der Waals surface area (Å²) in [7, 11) is 0. The van der Waals surface area contributed by atoms with Crippen LogP contribution in [0.4, 0.5) is 0 Å². The molecule has 0 aromatic heterocycles. The van der Waals surface area contributed by atoms with Crippen LogP contribution in [0.5, 0.6) is 0 Å². The maximum atomic E-state index is 14.2. The smallest absolute Gasteiger partial charge is 0.326 e. The number of primary amides is 1. The Labute approximate surface area is 241 Å². The van der Waals surface area contributed by atoms with Crippen molar-refractivity contribution in [2.75, 3.05) is 26.2 Å². The van der Waals surface area contributed by atoms with Crippen LogP contribution in [0.2, 0.25) is 0 Å². The van der Waals surface area contributed by atoms with Crippen molar-refractivity contribution >= 4 is 36.3 Å². The number of fused-ring (bicyclic) bond motifs is 1. The van der Waals surface area contributed by atoms with Crippen LogP contribution < -0.4 is 22.1 Å². The van der Waals surface area contributed by atoms with Crippen molar-refractivity contribution in [1.29, 1.82) is 0 Å². The first kappa shape index (κ1) is 31.9. The molecule has 5 atom stereocenters. The Morgan fingerprint density at radius 1 is 1.18 bits per heavy atom. The second-order valence-electron chi connectivity index (χ2n) is 11.9. The van der Waals surface area contributed by atoms with E-state index in [2.05, 4.69) is 28.2 Å². The normalized spacial score (nSPS) is 22.8. The maximum absolute atomic E-state index is 14.2. The van der Waals surface area contributed by atoms with E-state index in [1.807, 2.05) is 45.0 Å². The second kappa shape index (κ2) is 13.8. The van der Waals surface area contributed by atoms with Crippen LogP contribution in [0.3, 0.4) is 0 Å². The molecule has 1 aromatic rings. The summed E-state index contributed by atoms with van der Waals surface area (Å²) >= 11 is 4.66. The molecule has 40 heavy (non-hydrogen) atoms. The number of nitrogens with one attached hydrogen (secondary N) is 2. The summed E-state index contributed by atoms with van der Waals surface area (Å²) < 4.78 is 0. The third-order valence-electron chi connectivity index (χ3n) is 7.72. The van der Waals surface area contributed by atoms with Crippen molar-refractivity contribution in [1.82, 2.24) is 20.4 Å². The van der Waals surface area contributed by atoms with Gasteiger partial charge in [0.25, 0.3) is 0 Å². The van der Waals surface area contributed by atoms with Gasteiger partial charge in [-0.25, -0.2) is 4.79 Å². The predicted molar refractivity (Wildman–Crippen MR) is 156 cm³/mol. The first-order valence-corrected chi connectivity index (χ1v) is 14.4. The van der Waals surface area contributed by atoms with Gasteiger partial charge in [0.1, 0.15) is 12.1 Å². The van der Waals surface area contributed by atoms with Gasteiger partial charge in [-0.15, -0.1) is 0 Å². The number of carbonyl (C=O) groups is 4. The molecule has 1 aromatic carbocycles. The second-order valence-corrected chi connectivity index (χ2v) is 12.6. The van der Waals surface area contributed by atoms with Crippen LogP contribution in [0.1, 0.15) is 51.2 Å². The van der Waals surface area contributed by atoms with Crippen molar-refractivity contribution in [2.24, 2.45) is 16.9 Å². The van der Waals surface area contributed by atoms with Crippen molar-refractivity contribution < 1.29 is 24.3 Å². The zero-order valence-corrected chi connectivity index (χ0v) is 24.5. The Morgan fingerprint density at radius 3 is 2.45 bits per heavy atom. The van der Waals surface area contributed by atoms with Gasteiger partial charge in [-0.1, -0.05) is 45.0 Å². The molecule has 12 heteroatoms. The molecule has 11 nitrogen and oxygen atoms in total. The number of nitrogens with zero attached hydrogens (tertiary/aromatic N) is 2. The number of amides is 3. The molecule has 2 aliphatic heterocycles. The molecule has 0 radical (unpaired) electrons. The quantitative estimate of drug-likeness (QED) is 0.190. The lowest BCUT2D eigenvalue weighted by Crippen LogP contribution is -2.61. The van der Waals surface area contributed by atoms with E-state index in [9.17, 15) is 24.3 Å². The molecular formula is C28H44N6O5S. The van der Waals surface area contributed by atoms with Crippen LogP contribution in [0, 0.1) is 5.41 Å². The molecule has 3 amide bonds. The van der Waals surface area contributed by atoms with E-state index in [0.29, 0.717) is 13.1 Å². The number of hydrogen-bond donors (Lipinski definition) is 6. The van der Waals surface area contributed by atoms with Crippen LogP contribution in [-0.2, 0) is 32.1 Å². The SMILES string of the molecule is CC(C)(C)[C@H](NC[C@@H]1C[C@H](S)CN1CCN)C(=O)N1Cc2ccccc2C[C@H]1C(=O)N[C@@H](CCC(N)=O)C(=O)O. The number of nitrogens with two attached hydrogens (primary N) is 2. The number of carboxylic acids is 1. The molecule has 2 aliphatic rings. The first-order chi connectivity index (χ1) is 18.8. The number of carboxylic acid groups (broad SMARTS) is 1. The lowest BCUT2D eigenvalue weighted by atomic mass is 9.84. The maximum Gasteiger partial charge on any atom is 0.326 e. The van der Waals surface area contributed by atoms with Gasteiger partial charge in [-0.05, 0) is 29.4 Å². The summed E-state index contributed by atoms with van der Waals surface area (Å²) in [6.07, 6.45) is 0.817. The largest absolute Gasteiger partial charge is 0.480 e. The van der Waals surface area contributed by atoms with Gasteiger partial charge in [-0.3, -0.25) is 19.3 Å². The van der Waals surface area contributed by atoms with E-state index in [1.165, 1.54) is 0 Å². The topological polar surface area (TPSA) is 171 Å². The minimum absolute atomic E-state index is 0.132. The Bertz CT molecular complexity index is 1080. The van der Waals surface area contributed by atoms with Crippen LogP contribution in [0.15, 0.2) is 24.3 Å². The van der Waals surface area contributed by atoms with E-state index in [-0.39, 0.29) is 43.0 Å². The average Bonchev–Trinajstić information content (AvgIpc) is 3.23. The summed E-state index contributed by atoms with van der Waals surface area (Å²) in [5, 5.41) is 15.9. The Morgan fingerprint density at radius 2 is 1.85 bits per heavy atom. The molecule has 1 saturated heterocycles. The van der Waals surface area contributed by atoms with Gasteiger partial charge in [0.15, 0.2) is 0 Å². The minimum atomic E-state index is -1.30. The number of carbonyl (C=O) groups excluding carboxylic acids is 3. The number of hydrogen-bond acceptors (Lipinski definition) is 8. The van der Waals surface area contributed by atoms with Gasteiger partial charge in [0.05, 0.1) is 6.04 Å². The highest BCUT2D eigenvalue weighted by Crippen LogP contribution is 2.29. The summed E-state index contributed by atoms with van der Waals surface area (Å²) in [6.45, 7) is 8.87. The van der Waals surface area contributed by atoms with Gasteiger partial charge in [-0.2, -0.15) is 12.6 Å². The molecular weight excluding hydrogens is 532 g/mol. The fourth-order valence-corrected chi connectivity index (χ4v) is 6.05. The number of aliphatic carboxylic acids is 1. The highest BCUT2D eigenvalue weighted by Gasteiger charge is 2.42. The number of thiol groups is 1. The van der Waals surface area contributed by atoms with E-state index in [1.54, 1.807) is 4.90 Å². The molecule has 0 aliphatic carbocycles. The monoisotopic (exact) mass is 576 g/mol. The Balaban J connectivity index is 1.85. The standard InChI is InChI=1S/C28H44N6O5S/c1-28(2,3)24(31-14-19-13-20(40)16-33(19)11-10-29)26(37)34-15-18-7-5-4-6-17(18)12-22(34)25(36)32-21(27(38)39)8-9-23(30)35/h4-7,19-22,24,31,40H,8-16,29H2,1-3H3,(H2,30,35)(H,32,36)(H,38,39)/t19-,20-,21-,22-,24+/m0/s1. The number of benzene rings is 1. The molecule has 1 fully saturated rings. The van der Waals surface area contributed by atoms with Crippen LogP contribution >= 0.6 is 12.6 Å². The summed E-state index contributed by atoms with van der Waals surface area (Å²) in [4.78, 5) is 54.7. The molecule has 0 saturated carbocycles. The van der Waals surface area contributed by atoms with E-state index >= 15 is 0 Å².